The molecular formula is C81H90FN17O. The summed E-state index contributed by atoms with van der Waals surface area (Å²) >= 11 is 0. The SMILES string of the molecule is CC#N.CCN=C(NC#N)N1CCC(CNc2nccc3ccccc23)(c2ccccc2)CC1.F.N#CN=C(Oc1ccccc1)N1CCC(CNc2nccc3ccccc23)(c2ccccc2)CC1.[3HH].[C-]#[N+]N=C(C)C.c1ccc(C2(CNc3nccc4ccccc34)CCNCC2)cc1. The van der Waals surface area contributed by atoms with Crippen LogP contribution in [0.5, 0.6) is 5.75 Å². The van der Waals surface area contributed by atoms with Crippen molar-refractivity contribution < 1.29 is 10.9 Å². The molecule has 0 aliphatic carbocycles. The number of nitrogens with one attached hydrogen (secondary N) is 5. The van der Waals surface area contributed by atoms with Crippen LogP contribution in [0, 0.1) is 40.8 Å². The number of hydrogen-bond acceptors (Lipinski definition) is 14. The van der Waals surface area contributed by atoms with Gasteiger partial charge in [-0.1, -0.05) is 182 Å². The summed E-state index contributed by atoms with van der Waals surface area (Å²) in [5.74, 6) is 4.16. The maximum atomic E-state index is 9.26. The average Bonchev–Trinajstić information content (AvgIpc) is 0.795. The number of piperidine rings is 3. The minimum Gasteiger partial charge on any atom is -0.425 e. The maximum Gasteiger partial charge on any atom is 0.308 e. The van der Waals surface area contributed by atoms with Crippen molar-refractivity contribution >= 4 is 67.5 Å². The minimum atomic E-state index is -0.0825. The molecule has 13 rings (SSSR count). The van der Waals surface area contributed by atoms with Crippen LogP contribution in [0.4, 0.5) is 22.2 Å². The van der Waals surface area contributed by atoms with Crippen molar-refractivity contribution in [2.24, 2.45) is 15.1 Å². The molecule has 100 heavy (non-hydrogen) atoms. The van der Waals surface area contributed by atoms with Crippen molar-refractivity contribution in [2.75, 3.05) is 81.4 Å². The number of halogens is 1. The second-order valence-electron chi connectivity index (χ2n) is 24.7. The lowest BCUT2D eigenvalue weighted by Gasteiger charge is -2.43. The van der Waals surface area contributed by atoms with Gasteiger partial charge in [0.15, 0.2) is 6.19 Å². The Labute approximate surface area is 588 Å². The van der Waals surface area contributed by atoms with E-state index in [1.807, 2.05) is 92.5 Å². The summed E-state index contributed by atoms with van der Waals surface area (Å²) in [6, 6.07) is 75.1. The molecule has 0 atom stereocenters. The van der Waals surface area contributed by atoms with E-state index in [0.29, 0.717) is 24.3 Å². The number of amidine groups is 1. The number of likely N-dealkylation sites (tertiary alicyclic amines) is 2. The van der Waals surface area contributed by atoms with Crippen LogP contribution < -0.4 is 31.3 Å². The lowest BCUT2D eigenvalue weighted by atomic mass is 9.72. The Hall–Kier alpha value is -11.8. The highest BCUT2D eigenvalue weighted by atomic mass is 19.0. The number of guanidine groups is 1. The standard InChI is InChI=1S/C29H27N5O.C25H28N6.C21H23N3.C4H6N2.C2H3N.FH.H2/c30-22-33-28(35-25-12-5-2-6-13-25)34-19-16-29(17-20-34,24-10-3-1-4-11-24)21-32-27-26-14-8-7-9-23(26)15-18-31-27;1-2-27-24(30-19-26)31-16-13-25(14-17-31,21-9-4-3-5-10-21)18-29-23-22-11-7-6-8-20(22)12-15-28-23;1-2-7-18(8-3-1)21(11-14-22-15-12-21)16-24-20-19-9-5-4-6-17(19)10-13-23-20;1-4(2)6-5-3;1-2-3;;/h1-15,18H,16-17,19-21H2,(H,31,32);3-12,15H,2,13-14,16-18H2,1H3,(H,27,30)(H,28,29);1-10,13,22H,11-12,14-16H2,(H,23,24);1-2H3;1H3;2*1H/i;;;;;;1+2. The van der Waals surface area contributed by atoms with Gasteiger partial charge in [0.25, 0.3) is 0 Å². The molecule has 512 valence electrons. The highest BCUT2D eigenvalue weighted by Crippen LogP contribution is 2.39. The predicted molar refractivity (Wildman–Crippen MR) is 407 cm³/mol. The van der Waals surface area contributed by atoms with Gasteiger partial charge in [-0.15, -0.1) is 9.95 Å². The van der Waals surface area contributed by atoms with Gasteiger partial charge in [-0.05, 0) is 136 Å². The highest BCUT2D eigenvalue weighted by Gasteiger charge is 2.39. The number of nitriles is 3. The van der Waals surface area contributed by atoms with Gasteiger partial charge in [-0.3, -0.25) is 15.0 Å². The molecule has 0 saturated carbocycles. The maximum absolute atomic E-state index is 9.26. The Morgan fingerprint density at radius 1 is 0.540 bits per heavy atom. The molecule has 3 saturated heterocycles. The van der Waals surface area contributed by atoms with Gasteiger partial charge in [0.05, 0.1) is 16.9 Å². The molecule has 10 aromatic rings. The van der Waals surface area contributed by atoms with E-state index in [2.05, 4.69) is 229 Å². The molecule has 3 aliphatic heterocycles. The molecule has 19 heteroatoms. The molecule has 0 bridgehead atoms. The van der Waals surface area contributed by atoms with Crippen LogP contribution in [0.1, 0.15) is 84.3 Å². The Bertz CT molecular complexity index is 4420. The summed E-state index contributed by atoms with van der Waals surface area (Å²) in [6.45, 7) is 21.6. The molecule has 3 aromatic heterocycles. The van der Waals surface area contributed by atoms with E-state index in [-0.39, 0.29) is 22.4 Å². The van der Waals surface area contributed by atoms with E-state index in [1.165, 1.54) is 45.2 Å². The molecule has 6 heterocycles. The Morgan fingerprint density at radius 3 is 1.25 bits per heavy atom. The van der Waals surface area contributed by atoms with Crippen LogP contribution in [0.25, 0.3) is 37.3 Å². The smallest absolute Gasteiger partial charge is 0.308 e. The molecule has 5 N–H and O–H groups in total. The minimum absolute atomic E-state index is 0. The molecule has 3 fully saturated rings. The van der Waals surface area contributed by atoms with Crippen LogP contribution in [-0.4, -0.2) is 108 Å². The van der Waals surface area contributed by atoms with Crippen molar-refractivity contribution in [3.8, 4) is 24.2 Å². The van der Waals surface area contributed by atoms with Crippen LogP contribution >= 0.6 is 0 Å². The number of anilines is 3. The predicted octanol–water partition coefficient (Wildman–Crippen LogP) is 15.9. The summed E-state index contributed by atoms with van der Waals surface area (Å²) in [5, 5.41) is 53.3. The van der Waals surface area contributed by atoms with E-state index in [0.717, 1.165) is 131 Å². The van der Waals surface area contributed by atoms with Crippen LogP contribution in [0.15, 0.2) is 246 Å². The van der Waals surface area contributed by atoms with Crippen molar-refractivity contribution in [3.05, 3.63) is 259 Å². The Balaban J connectivity index is 0.000000201. The van der Waals surface area contributed by atoms with Gasteiger partial charge >= 0.3 is 6.02 Å². The quantitative estimate of drug-likeness (QED) is 0.0170. The highest BCUT2D eigenvalue weighted by molar-refractivity contribution is 5.93. The number of nitrogens with zero attached hydrogens (tertiary/aromatic N) is 12. The van der Waals surface area contributed by atoms with E-state index < -0.39 is 0 Å². The third-order valence-electron chi connectivity index (χ3n) is 18.4. The molecule has 0 unspecified atom stereocenters. The van der Waals surface area contributed by atoms with Gasteiger partial charge in [-0.25, -0.2) is 15.0 Å². The number of hydrogen-bond donors (Lipinski definition) is 5. The van der Waals surface area contributed by atoms with E-state index >= 15 is 0 Å². The number of benzene rings is 7. The van der Waals surface area contributed by atoms with Crippen molar-refractivity contribution in [3.63, 3.8) is 0 Å². The van der Waals surface area contributed by atoms with Gasteiger partial charge in [-0.2, -0.15) is 22.4 Å². The van der Waals surface area contributed by atoms with Gasteiger partial charge in [0.2, 0.25) is 12.2 Å². The molecule has 0 amide bonds. The molecule has 3 aliphatic rings. The summed E-state index contributed by atoms with van der Waals surface area (Å²) < 4.78 is 5.97. The fourth-order valence-corrected chi connectivity index (χ4v) is 13.1. The first-order valence-electron chi connectivity index (χ1n) is 33.8. The number of fused-ring (bicyclic) bond motifs is 3. The van der Waals surface area contributed by atoms with Gasteiger partial charge in [0, 0.05) is 112 Å². The largest absolute Gasteiger partial charge is 0.425 e. The first kappa shape index (κ1) is 74.0. The zero-order chi connectivity index (χ0) is 69.4. The molecule has 18 nitrogen and oxygen atoms in total. The molecule has 0 spiro atoms. The summed E-state index contributed by atoms with van der Waals surface area (Å²) in [7, 11) is 0. The van der Waals surface area contributed by atoms with Crippen molar-refractivity contribution in [1.29, 1.82) is 15.8 Å². The summed E-state index contributed by atoms with van der Waals surface area (Å²) in [5.41, 5.74) is 4.95. The lowest BCUT2D eigenvalue weighted by molar-refractivity contribution is 0.212. The third kappa shape index (κ3) is 19.9. The van der Waals surface area contributed by atoms with E-state index in [9.17, 15) is 5.26 Å². The van der Waals surface area contributed by atoms with E-state index in [1.54, 1.807) is 19.9 Å². The fourth-order valence-electron chi connectivity index (χ4n) is 13.1. The molecular weight excluding hydrogens is 1250 g/mol. The average molecular weight is 1340 g/mol. The zero-order valence-corrected chi connectivity index (χ0v) is 57.4. The summed E-state index contributed by atoms with van der Waals surface area (Å²) in [6.07, 6.45) is 15.5. The number of ether oxygens (including phenoxy) is 1. The van der Waals surface area contributed by atoms with Gasteiger partial charge in [0.1, 0.15) is 23.2 Å². The zero-order valence-electron chi connectivity index (χ0n) is 57.4. The van der Waals surface area contributed by atoms with Gasteiger partial charge < -0.3 is 35.8 Å². The summed E-state index contributed by atoms with van der Waals surface area (Å²) in [4.78, 5) is 29.3. The van der Waals surface area contributed by atoms with Crippen molar-refractivity contribution in [2.45, 2.75) is 82.5 Å². The fraction of sp³-hybridized carbons (Fsp3) is 0.284. The van der Waals surface area contributed by atoms with Crippen LogP contribution in [0.3, 0.4) is 0 Å². The topological polar surface area (TPSA) is 227 Å². The molecule has 7 aromatic carbocycles. The number of aromatic nitrogens is 3. The molecule has 0 radical (unpaired) electrons. The Morgan fingerprint density at radius 2 is 0.900 bits per heavy atom. The van der Waals surface area contributed by atoms with E-state index in [4.69, 9.17) is 21.8 Å². The number of rotatable bonds is 14. The second-order valence-corrected chi connectivity index (χ2v) is 24.7. The van der Waals surface area contributed by atoms with Crippen LogP contribution in [-0.2, 0) is 16.2 Å². The third-order valence-corrected chi connectivity index (χ3v) is 18.4. The monoisotopic (exact) mass is 1340 g/mol. The number of para-hydroxylation sites is 1. The van der Waals surface area contributed by atoms with Crippen LogP contribution in [0.2, 0.25) is 0 Å². The first-order valence-corrected chi connectivity index (χ1v) is 33.8. The normalized spacial score (nSPS) is 14.8. The lowest BCUT2D eigenvalue weighted by Crippen LogP contribution is -2.51. The first-order chi connectivity index (χ1) is 48.6. The Kier molecular flexibility index (Phi) is 28.3. The second kappa shape index (κ2) is 38.2. The number of pyridine rings is 3. The van der Waals surface area contributed by atoms with Crippen molar-refractivity contribution in [1.82, 2.24) is 35.4 Å². The number of aliphatic imine (C=N–C) groups is 2.